The van der Waals surface area contributed by atoms with E-state index < -0.39 is 5.97 Å². The van der Waals surface area contributed by atoms with E-state index in [1.165, 1.54) is 0 Å². The van der Waals surface area contributed by atoms with Crippen molar-refractivity contribution in [2.24, 2.45) is 0 Å². The van der Waals surface area contributed by atoms with Crippen LogP contribution in [0.15, 0.2) is 0 Å². The van der Waals surface area contributed by atoms with Crippen molar-refractivity contribution >= 4 is 5.97 Å². The molecule has 2 aliphatic rings. The van der Waals surface area contributed by atoms with Crippen LogP contribution in [0.2, 0.25) is 0 Å². The first-order valence-electron chi connectivity index (χ1n) is 4.37. The maximum atomic E-state index is 10.7. The molecule has 2 saturated heterocycles. The van der Waals surface area contributed by atoms with Crippen LogP contribution >= 0.6 is 0 Å². The minimum atomic E-state index is -0.710. The Bertz CT molecular complexity index is 207. The Hall–Kier alpha value is -0.610. The van der Waals surface area contributed by atoms with E-state index in [0.717, 1.165) is 19.4 Å². The molecule has 3 atom stereocenters. The van der Waals surface area contributed by atoms with Crippen molar-refractivity contribution in [3.05, 3.63) is 0 Å². The number of fused-ring (bicyclic) bond motifs is 1. The van der Waals surface area contributed by atoms with Crippen LogP contribution in [0.3, 0.4) is 0 Å². The van der Waals surface area contributed by atoms with Crippen molar-refractivity contribution in [2.75, 3.05) is 13.6 Å². The number of nitrogens with zero attached hydrogens (tertiary/aromatic N) is 1. The number of hydrogen-bond acceptors (Lipinski definition) is 3. The smallest absolute Gasteiger partial charge is 0.320 e. The number of likely N-dealkylation sites (tertiary alicyclic amines) is 1. The zero-order valence-corrected chi connectivity index (χ0v) is 7.16. The van der Waals surface area contributed by atoms with E-state index >= 15 is 0 Å². The topological polar surface area (TPSA) is 52.6 Å². The van der Waals surface area contributed by atoms with Gasteiger partial charge in [0.1, 0.15) is 6.04 Å². The van der Waals surface area contributed by atoms with Gasteiger partial charge >= 0.3 is 5.97 Å². The molecule has 12 heavy (non-hydrogen) atoms. The molecule has 68 valence electrons. The van der Waals surface area contributed by atoms with Gasteiger partial charge in [0, 0.05) is 12.1 Å². The lowest BCUT2D eigenvalue weighted by Crippen LogP contribution is -2.35. The maximum Gasteiger partial charge on any atom is 0.320 e. The van der Waals surface area contributed by atoms with Crippen LogP contribution in [-0.2, 0) is 4.79 Å². The average molecular weight is 170 g/mol. The molecule has 0 aromatic carbocycles. The third kappa shape index (κ3) is 1.11. The first kappa shape index (κ1) is 8.01. The number of rotatable bonds is 1. The largest absolute Gasteiger partial charge is 0.480 e. The van der Waals surface area contributed by atoms with Gasteiger partial charge in [-0.15, -0.1) is 0 Å². The van der Waals surface area contributed by atoms with Gasteiger partial charge < -0.3 is 10.0 Å². The number of nitrogens with one attached hydrogen (secondary N) is 1. The van der Waals surface area contributed by atoms with Crippen LogP contribution in [0.1, 0.15) is 12.8 Å². The number of aliphatic carboxylic acids is 1. The summed E-state index contributed by atoms with van der Waals surface area (Å²) in [5, 5.41) is 11.9. The van der Waals surface area contributed by atoms with E-state index in [0.29, 0.717) is 12.1 Å². The summed E-state index contributed by atoms with van der Waals surface area (Å²) < 4.78 is 0. The van der Waals surface area contributed by atoms with Crippen molar-refractivity contribution in [1.29, 1.82) is 0 Å². The van der Waals surface area contributed by atoms with Crippen LogP contribution in [0, 0.1) is 0 Å². The maximum absolute atomic E-state index is 10.7. The SMILES string of the molecule is CN1CC[C@@H]2N[C@H](C(=O)O)C[C@@H]21. The zero-order chi connectivity index (χ0) is 8.72. The number of likely N-dealkylation sites (N-methyl/N-ethyl adjacent to an activating group) is 1. The highest BCUT2D eigenvalue weighted by atomic mass is 16.4. The van der Waals surface area contributed by atoms with E-state index in [-0.39, 0.29) is 6.04 Å². The molecule has 0 radical (unpaired) electrons. The van der Waals surface area contributed by atoms with Crippen LogP contribution in [0.5, 0.6) is 0 Å². The summed E-state index contributed by atoms with van der Waals surface area (Å²) in [6, 6.07) is 0.546. The van der Waals surface area contributed by atoms with Crippen molar-refractivity contribution in [3.8, 4) is 0 Å². The minimum Gasteiger partial charge on any atom is -0.480 e. The number of hydrogen-bond donors (Lipinski definition) is 2. The third-order valence-electron chi connectivity index (χ3n) is 3.01. The predicted octanol–water partition coefficient (Wildman–Crippen LogP) is -0.494. The molecule has 2 fully saturated rings. The highest BCUT2D eigenvalue weighted by Gasteiger charge is 2.42. The Labute approximate surface area is 71.5 Å². The van der Waals surface area contributed by atoms with Crippen molar-refractivity contribution in [3.63, 3.8) is 0 Å². The highest BCUT2D eigenvalue weighted by Crippen LogP contribution is 2.26. The zero-order valence-electron chi connectivity index (χ0n) is 7.16. The van der Waals surface area contributed by atoms with Gasteiger partial charge in [-0.05, 0) is 26.4 Å². The summed E-state index contributed by atoms with van der Waals surface area (Å²) in [5.41, 5.74) is 0. The van der Waals surface area contributed by atoms with Gasteiger partial charge in [-0.25, -0.2) is 0 Å². The molecule has 2 rings (SSSR count). The summed E-state index contributed by atoms with van der Waals surface area (Å²) in [6.07, 6.45) is 1.85. The Morgan fingerprint density at radius 1 is 1.67 bits per heavy atom. The van der Waals surface area contributed by atoms with Gasteiger partial charge in [0.15, 0.2) is 0 Å². The molecule has 4 heteroatoms. The summed E-state index contributed by atoms with van der Waals surface area (Å²) in [6.45, 7) is 1.09. The Morgan fingerprint density at radius 3 is 3.00 bits per heavy atom. The van der Waals surface area contributed by atoms with Crippen LogP contribution < -0.4 is 5.32 Å². The molecule has 2 heterocycles. The van der Waals surface area contributed by atoms with E-state index in [1.54, 1.807) is 0 Å². The monoisotopic (exact) mass is 170 g/mol. The fourth-order valence-electron chi connectivity index (χ4n) is 2.29. The van der Waals surface area contributed by atoms with Gasteiger partial charge in [-0.1, -0.05) is 0 Å². The van der Waals surface area contributed by atoms with Gasteiger partial charge in [-0.2, -0.15) is 0 Å². The summed E-state index contributed by atoms with van der Waals surface area (Å²) in [4.78, 5) is 12.9. The molecule has 0 aromatic rings. The van der Waals surface area contributed by atoms with Gasteiger partial charge in [0.2, 0.25) is 0 Å². The minimum absolute atomic E-state index is 0.317. The van der Waals surface area contributed by atoms with Crippen molar-refractivity contribution in [2.45, 2.75) is 31.0 Å². The molecule has 4 nitrogen and oxygen atoms in total. The molecular formula is C8H14N2O2. The molecule has 0 aliphatic carbocycles. The standard InChI is InChI=1S/C8H14N2O2/c1-10-3-2-5-7(10)4-6(9-5)8(11)12/h5-7,9H,2-4H2,1H3,(H,11,12)/t5-,6-,7-/m0/s1. The summed E-state index contributed by atoms with van der Waals surface area (Å²) in [5.74, 6) is -0.710. The van der Waals surface area contributed by atoms with Gasteiger partial charge in [0.25, 0.3) is 0 Å². The molecule has 2 aliphatic heterocycles. The second kappa shape index (κ2) is 2.71. The van der Waals surface area contributed by atoms with E-state index in [2.05, 4.69) is 17.3 Å². The molecule has 0 saturated carbocycles. The predicted molar refractivity (Wildman–Crippen MR) is 44.0 cm³/mol. The lowest BCUT2D eigenvalue weighted by molar-refractivity contribution is -0.139. The first-order chi connectivity index (χ1) is 5.68. The summed E-state index contributed by atoms with van der Waals surface area (Å²) in [7, 11) is 2.07. The molecule has 2 N–H and O–H groups in total. The van der Waals surface area contributed by atoms with Crippen molar-refractivity contribution in [1.82, 2.24) is 10.2 Å². The van der Waals surface area contributed by atoms with Crippen molar-refractivity contribution < 1.29 is 9.90 Å². The van der Waals surface area contributed by atoms with Crippen LogP contribution in [-0.4, -0.2) is 47.7 Å². The highest BCUT2D eigenvalue weighted by molar-refractivity contribution is 5.74. The fraction of sp³-hybridized carbons (Fsp3) is 0.875. The van der Waals surface area contributed by atoms with Crippen LogP contribution in [0.25, 0.3) is 0 Å². The molecule has 0 spiro atoms. The molecule has 0 aromatic heterocycles. The van der Waals surface area contributed by atoms with E-state index in [1.807, 2.05) is 0 Å². The number of carbonyl (C=O) groups is 1. The Kier molecular flexibility index (Phi) is 1.81. The van der Waals surface area contributed by atoms with Gasteiger partial charge in [-0.3, -0.25) is 10.1 Å². The quantitative estimate of drug-likeness (QED) is 0.557. The second-order valence-corrected chi connectivity index (χ2v) is 3.74. The number of carboxylic acids is 1. The third-order valence-corrected chi connectivity index (χ3v) is 3.01. The summed E-state index contributed by atoms with van der Waals surface area (Å²) >= 11 is 0. The average Bonchev–Trinajstić information content (AvgIpc) is 2.53. The molecule has 0 unspecified atom stereocenters. The fourth-order valence-corrected chi connectivity index (χ4v) is 2.29. The lowest BCUT2D eigenvalue weighted by Gasteiger charge is -2.16. The van der Waals surface area contributed by atoms with Crippen LogP contribution in [0.4, 0.5) is 0 Å². The van der Waals surface area contributed by atoms with Gasteiger partial charge in [0.05, 0.1) is 0 Å². The lowest BCUT2D eigenvalue weighted by atomic mass is 10.1. The molecule has 0 amide bonds. The number of carboxylic acid groups (broad SMARTS) is 1. The van der Waals surface area contributed by atoms with E-state index in [4.69, 9.17) is 5.11 Å². The van der Waals surface area contributed by atoms with E-state index in [9.17, 15) is 4.79 Å². The molecule has 0 bridgehead atoms. The Balaban J connectivity index is 2.03. The Morgan fingerprint density at radius 2 is 2.42 bits per heavy atom. The molecular weight excluding hydrogens is 156 g/mol. The normalized spacial score (nSPS) is 41.6. The first-order valence-corrected chi connectivity index (χ1v) is 4.37. The second-order valence-electron chi connectivity index (χ2n) is 3.74.